The van der Waals surface area contributed by atoms with Crippen LogP contribution in [0.2, 0.25) is 0 Å². The molecule has 8 nitrogen and oxygen atoms in total. The summed E-state index contributed by atoms with van der Waals surface area (Å²) in [4.78, 5) is 25.2. The number of benzene rings is 2. The Morgan fingerprint density at radius 2 is 2.00 bits per heavy atom. The zero-order valence-corrected chi connectivity index (χ0v) is 19.9. The molecule has 1 amide bonds. The fourth-order valence-electron chi connectivity index (χ4n) is 4.37. The SMILES string of the molecule is COc1cc([C@@H]2C(C#N)=C(N)OC3=C2C(=O)CCC3)ccc1OCC(=O)Nc1cc(C)ccc1C. The molecular weight excluding hydrogens is 446 g/mol. The third-order valence-electron chi connectivity index (χ3n) is 6.15. The van der Waals surface area contributed by atoms with Crippen LogP contribution in [0.5, 0.6) is 11.5 Å². The van der Waals surface area contributed by atoms with E-state index < -0.39 is 5.92 Å². The molecule has 3 N–H and O–H groups in total. The van der Waals surface area contributed by atoms with Gasteiger partial charge in [0, 0.05) is 24.1 Å². The highest BCUT2D eigenvalue weighted by Gasteiger charge is 2.38. The Morgan fingerprint density at radius 1 is 1.20 bits per heavy atom. The first kappa shape index (κ1) is 23.9. The Kier molecular flexibility index (Phi) is 6.78. The second-order valence-electron chi connectivity index (χ2n) is 8.60. The molecule has 1 aliphatic heterocycles. The quantitative estimate of drug-likeness (QED) is 0.646. The van der Waals surface area contributed by atoms with Gasteiger partial charge in [-0.15, -0.1) is 0 Å². The van der Waals surface area contributed by atoms with E-state index in [4.69, 9.17) is 19.9 Å². The Hall–Kier alpha value is -4.25. The molecule has 0 fully saturated rings. The lowest BCUT2D eigenvalue weighted by atomic mass is 9.77. The molecule has 1 atom stereocenters. The minimum absolute atomic E-state index is 0.00774. The molecule has 0 radical (unpaired) electrons. The molecule has 0 spiro atoms. The molecule has 35 heavy (non-hydrogen) atoms. The van der Waals surface area contributed by atoms with Crippen LogP contribution in [0, 0.1) is 25.2 Å². The second kappa shape index (κ2) is 9.94. The van der Waals surface area contributed by atoms with Gasteiger partial charge in [-0.3, -0.25) is 9.59 Å². The molecule has 0 saturated heterocycles. The number of hydrogen-bond acceptors (Lipinski definition) is 7. The van der Waals surface area contributed by atoms with Crippen molar-refractivity contribution in [2.45, 2.75) is 39.0 Å². The zero-order valence-electron chi connectivity index (χ0n) is 19.9. The lowest BCUT2D eigenvalue weighted by Gasteiger charge is -2.31. The lowest BCUT2D eigenvalue weighted by molar-refractivity contribution is -0.118. The number of aryl methyl sites for hydroxylation is 2. The summed E-state index contributed by atoms with van der Waals surface area (Å²) in [6.45, 7) is 3.66. The maximum absolute atomic E-state index is 12.8. The molecule has 2 aromatic carbocycles. The predicted octanol–water partition coefficient (Wildman–Crippen LogP) is 4.14. The molecule has 0 bridgehead atoms. The van der Waals surface area contributed by atoms with Gasteiger partial charge in [-0.05, 0) is 55.2 Å². The molecule has 180 valence electrons. The summed E-state index contributed by atoms with van der Waals surface area (Å²) in [5, 5.41) is 12.6. The van der Waals surface area contributed by atoms with Crippen molar-refractivity contribution in [1.82, 2.24) is 0 Å². The molecule has 0 saturated carbocycles. The number of rotatable bonds is 6. The first-order chi connectivity index (χ1) is 16.8. The molecule has 1 aliphatic carbocycles. The Morgan fingerprint density at radius 3 is 2.74 bits per heavy atom. The van der Waals surface area contributed by atoms with Crippen LogP contribution in [0.1, 0.15) is 41.9 Å². The van der Waals surface area contributed by atoms with Crippen LogP contribution in [0.4, 0.5) is 5.69 Å². The van der Waals surface area contributed by atoms with Crippen LogP contribution < -0.4 is 20.5 Å². The first-order valence-corrected chi connectivity index (χ1v) is 11.3. The van der Waals surface area contributed by atoms with Gasteiger partial charge in [-0.25, -0.2) is 0 Å². The topological polar surface area (TPSA) is 124 Å². The van der Waals surface area contributed by atoms with Gasteiger partial charge >= 0.3 is 0 Å². The number of nitrogens with two attached hydrogens (primary N) is 1. The molecule has 0 unspecified atom stereocenters. The summed E-state index contributed by atoms with van der Waals surface area (Å²) in [5.41, 5.74) is 10.0. The maximum Gasteiger partial charge on any atom is 0.262 e. The van der Waals surface area contributed by atoms with E-state index >= 15 is 0 Å². The van der Waals surface area contributed by atoms with Crippen molar-refractivity contribution in [1.29, 1.82) is 5.26 Å². The zero-order chi connectivity index (χ0) is 25.1. The number of nitrogens with one attached hydrogen (secondary N) is 1. The molecule has 2 aliphatic rings. The van der Waals surface area contributed by atoms with Crippen molar-refractivity contribution in [3.63, 3.8) is 0 Å². The number of carbonyl (C=O) groups is 2. The molecule has 0 aromatic heterocycles. The normalized spacial score (nSPS) is 17.3. The van der Waals surface area contributed by atoms with Crippen LogP contribution in [0.3, 0.4) is 0 Å². The minimum atomic E-state index is -0.646. The number of amides is 1. The van der Waals surface area contributed by atoms with Crippen LogP contribution in [-0.2, 0) is 14.3 Å². The number of methoxy groups -OCH3 is 1. The Balaban J connectivity index is 1.57. The molecule has 1 heterocycles. The van der Waals surface area contributed by atoms with Crippen molar-refractivity contribution in [2.75, 3.05) is 19.0 Å². The maximum atomic E-state index is 12.8. The average molecular weight is 474 g/mol. The van der Waals surface area contributed by atoms with Gasteiger partial charge in [0.15, 0.2) is 23.9 Å². The fraction of sp³-hybridized carbons (Fsp3) is 0.296. The second-order valence-corrected chi connectivity index (χ2v) is 8.60. The Labute approximate surface area is 204 Å². The number of nitrogens with zero attached hydrogens (tertiary/aromatic N) is 1. The van der Waals surface area contributed by atoms with Crippen molar-refractivity contribution in [3.05, 3.63) is 75.9 Å². The first-order valence-electron chi connectivity index (χ1n) is 11.3. The van der Waals surface area contributed by atoms with Gasteiger partial charge < -0.3 is 25.3 Å². The summed E-state index contributed by atoms with van der Waals surface area (Å²) >= 11 is 0. The number of carbonyl (C=O) groups excluding carboxylic acids is 2. The highest BCUT2D eigenvalue weighted by atomic mass is 16.5. The smallest absolute Gasteiger partial charge is 0.262 e. The highest BCUT2D eigenvalue weighted by molar-refractivity contribution is 5.99. The fourth-order valence-corrected chi connectivity index (χ4v) is 4.37. The molecular formula is C27H27N3O5. The van der Waals surface area contributed by atoms with Gasteiger partial charge in [0.2, 0.25) is 5.88 Å². The third-order valence-corrected chi connectivity index (χ3v) is 6.15. The number of hydrogen-bond donors (Lipinski definition) is 2. The highest BCUT2D eigenvalue weighted by Crippen LogP contribution is 2.45. The number of ketones is 1. The number of allylic oxidation sites excluding steroid dienone is 3. The van der Waals surface area contributed by atoms with E-state index in [0.29, 0.717) is 47.7 Å². The van der Waals surface area contributed by atoms with Crippen molar-refractivity contribution in [2.24, 2.45) is 5.73 Å². The number of ether oxygens (including phenoxy) is 3. The van der Waals surface area contributed by atoms with Gasteiger partial charge in [0.25, 0.3) is 5.91 Å². The van der Waals surface area contributed by atoms with Crippen molar-refractivity contribution >= 4 is 17.4 Å². The predicted molar refractivity (Wildman–Crippen MR) is 130 cm³/mol. The van der Waals surface area contributed by atoms with E-state index in [1.54, 1.807) is 18.2 Å². The van der Waals surface area contributed by atoms with Crippen LogP contribution in [-0.4, -0.2) is 25.4 Å². The largest absolute Gasteiger partial charge is 0.493 e. The molecule has 4 rings (SSSR count). The molecule has 2 aromatic rings. The molecule has 8 heteroatoms. The lowest BCUT2D eigenvalue weighted by Crippen LogP contribution is -2.27. The summed E-state index contributed by atoms with van der Waals surface area (Å²) < 4.78 is 16.9. The van der Waals surface area contributed by atoms with E-state index in [9.17, 15) is 14.9 Å². The van der Waals surface area contributed by atoms with Crippen LogP contribution in [0.15, 0.2) is 59.2 Å². The van der Waals surface area contributed by atoms with E-state index in [-0.39, 0.29) is 29.8 Å². The van der Waals surface area contributed by atoms with E-state index in [1.807, 2.05) is 32.0 Å². The number of anilines is 1. The van der Waals surface area contributed by atoms with Gasteiger partial charge in [0.05, 0.1) is 13.0 Å². The van der Waals surface area contributed by atoms with E-state index in [0.717, 1.165) is 16.8 Å². The van der Waals surface area contributed by atoms with Gasteiger partial charge in [0.1, 0.15) is 17.4 Å². The number of Topliss-reactive ketones (excluding diaryl/α,β-unsaturated/α-hetero) is 1. The van der Waals surface area contributed by atoms with Crippen molar-refractivity contribution in [3.8, 4) is 17.6 Å². The van der Waals surface area contributed by atoms with Gasteiger partial charge in [-0.2, -0.15) is 5.26 Å². The third kappa shape index (κ3) is 4.85. The van der Waals surface area contributed by atoms with E-state index in [2.05, 4.69) is 11.4 Å². The summed E-state index contributed by atoms with van der Waals surface area (Å²) in [6.07, 6.45) is 1.66. The monoisotopic (exact) mass is 473 g/mol. The van der Waals surface area contributed by atoms with Gasteiger partial charge in [-0.1, -0.05) is 18.2 Å². The van der Waals surface area contributed by atoms with Crippen LogP contribution >= 0.6 is 0 Å². The summed E-state index contributed by atoms with van der Waals surface area (Å²) in [7, 11) is 1.48. The standard InChI is InChI=1S/C27H27N3O5/c1-15-7-8-16(2)19(11-15)30-24(32)14-34-21-10-9-17(12-23(21)33-3)25-18(13-28)27(29)35-22-6-4-5-20(31)26(22)25/h7-12,25H,4-6,14,29H2,1-3H3,(H,30,32)/t25-/m1/s1. The van der Waals surface area contributed by atoms with Crippen LogP contribution in [0.25, 0.3) is 0 Å². The minimum Gasteiger partial charge on any atom is -0.493 e. The summed E-state index contributed by atoms with van der Waals surface area (Å²) in [6, 6.07) is 13.0. The summed E-state index contributed by atoms with van der Waals surface area (Å²) in [5.74, 6) is 0.248. The average Bonchev–Trinajstić information content (AvgIpc) is 2.84. The van der Waals surface area contributed by atoms with Crippen molar-refractivity contribution < 1.29 is 23.8 Å². The number of nitriles is 1. The Bertz CT molecular complexity index is 1300. The van der Waals surface area contributed by atoms with E-state index in [1.165, 1.54) is 7.11 Å².